The van der Waals surface area contributed by atoms with Crippen molar-refractivity contribution in [3.8, 4) is 0 Å². The molecule has 7 heteroatoms. The predicted molar refractivity (Wildman–Crippen MR) is 74.2 cm³/mol. The van der Waals surface area contributed by atoms with Crippen LogP contribution in [-0.2, 0) is 9.09 Å². The van der Waals surface area contributed by atoms with Crippen LogP contribution in [0.1, 0.15) is 32.1 Å². The molecule has 0 aliphatic heterocycles. The number of hydrogen-bond acceptors (Lipinski definition) is 5. The van der Waals surface area contributed by atoms with Gasteiger partial charge in [-0.2, -0.15) is 0 Å². The maximum Gasteiger partial charge on any atom is 0.361 e. The van der Waals surface area contributed by atoms with Crippen LogP contribution < -0.4 is 5.09 Å². The zero-order valence-corrected chi connectivity index (χ0v) is 12.2. The average Bonchev–Trinajstić information content (AvgIpc) is 2.31. The first-order valence-corrected chi connectivity index (χ1v) is 10.2. The van der Waals surface area contributed by atoms with Crippen molar-refractivity contribution in [3.63, 3.8) is 0 Å². The van der Waals surface area contributed by atoms with Gasteiger partial charge in [-0.15, -0.1) is 0 Å². The van der Waals surface area contributed by atoms with E-state index in [1.54, 1.807) is 6.34 Å². The summed E-state index contributed by atoms with van der Waals surface area (Å²) in [7, 11) is 4.09. The van der Waals surface area contributed by atoms with Gasteiger partial charge >= 0.3 is 6.72 Å². The van der Waals surface area contributed by atoms with Crippen molar-refractivity contribution in [2.24, 2.45) is 4.99 Å². The second-order valence-electron chi connectivity index (χ2n) is 3.62. The highest BCUT2D eigenvalue weighted by molar-refractivity contribution is 8.98. The van der Waals surface area contributed by atoms with Gasteiger partial charge in [0.15, 0.2) is 0 Å². The Morgan fingerprint density at radius 1 is 1.44 bits per heavy atom. The number of nitrogens with zero attached hydrogens (tertiary/aromatic N) is 1. The van der Waals surface area contributed by atoms with E-state index in [9.17, 15) is 4.57 Å². The topological polar surface area (TPSA) is 50.7 Å². The molecule has 0 heterocycles. The zero-order chi connectivity index (χ0) is 11.9. The van der Waals surface area contributed by atoms with E-state index in [0.717, 1.165) is 12.8 Å². The van der Waals surface area contributed by atoms with Crippen LogP contribution >= 0.6 is 27.9 Å². The number of aliphatic imine (C=N–C) groups is 1. The summed E-state index contributed by atoms with van der Waals surface area (Å²) in [6.45, 7) is -2.79. The molecule has 1 fully saturated rings. The molecule has 1 aliphatic carbocycles. The molecule has 0 aromatic rings. The summed E-state index contributed by atoms with van der Waals surface area (Å²) >= 11 is 0. The second kappa shape index (κ2) is 7.64. The molecule has 16 heavy (non-hydrogen) atoms. The quantitative estimate of drug-likeness (QED) is 0.348. The van der Waals surface area contributed by atoms with E-state index in [-0.39, 0.29) is 0 Å². The zero-order valence-electron chi connectivity index (χ0n) is 9.72. The molecule has 1 unspecified atom stereocenters. The van der Waals surface area contributed by atoms with E-state index < -0.39 is 6.72 Å². The highest BCUT2D eigenvalue weighted by Crippen LogP contribution is 2.59. The van der Waals surface area contributed by atoms with Crippen LogP contribution in [0.3, 0.4) is 0 Å². The van der Waals surface area contributed by atoms with Crippen LogP contribution in [0.2, 0.25) is 0 Å². The minimum Gasteiger partial charge on any atom is -0.309 e. The molecule has 0 saturated heterocycles. The van der Waals surface area contributed by atoms with Gasteiger partial charge in [-0.25, -0.2) is 0 Å². The summed E-state index contributed by atoms with van der Waals surface area (Å²) in [6, 6.07) is 0.394. The van der Waals surface area contributed by atoms with Gasteiger partial charge in [-0.05, 0) is 19.1 Å². The average molecular weight is 282 g/mol. The SMILES string of the molecule is COP(=O)(NC=NC1CCCCC1)SSC. The van der Waals surface area contributed by atoms with Crippen LogP contribution in [0.4, 0.5) is 0 Å². The normalized spacial score (nSPS) is 22.1. The van der Waals surface area contributed by atoms with Gasteiger partial charge in [-0.3, -0.25) is 14.6 Å². The van der Waals surface area contributed by atoms with E-state index in [2.05, 4.69) is 10.1 Å². The van der Waals surface area contributed by atoms with E-state index in [0.29, 0.717) is 6.04 Å². The van der Waals surface area contributed by atoms with Gasteiger partial charge in [0.1, 0.15) is 0 Å². The first-order valence-electron chi connectivity index (χ1n) is 5.38. The van der Waals surface area contributed by atoms with Crippen molar-refractivity contribution in [1.82, 2.24) is 5.09 Å². The first kappa shape index (κ1) is 14.4. The van der Waals surface area contributed by atoms with Crippen LogP contribution in [0, 0.1) is 0 Å². The molecular weight excluding hydrogens is 263 g/mol. The van der Waals surface area contributed by atoms with Crippen molar-refractivity contribution < 1.29 is 9.09 Å². The Morgan fingerprint density at radius 2 is 2.12 bits per heavy atom. The Kier molecular flexibility index (Phi) is 6.89. The van der Waals surface area contributed by atoms with E-state index in [1.165, 1.54) is 47.6 Å². The lowest BCUT2D eigenvalue weighted by Crippen LogP contribution is -2.13. The van der Waals surface area contributed by atoms with Crippen molar-refractivity contribution in [3.05, 3.63) is 0 Å². The van der Waals surface area contributed by atoms with Crippen LogP contribution in [-0.4, -0.2) is 25.7 Å². The lowest BCUT2D eigenvalue weighted by molar-refractivity contribution is 0.406. The Hall–Kier alpha value is 0.360. The molecule has 1 N–H and O–H groups in total. The lowest BCUT2D eigenvalue weighted by atomic mass is 9.96. The van der Waals surface area contributed by atoms with Crippen LogP contribution in [0.5, 0.6) is 0 Å². The minimum atomic E-state index is -2.79. The molecular formula is C9H19N2O2PS2. The van der Waals surface area contributed by atoms with Crippen molar-refractivity contribution in [1.29, 1.82) is 0 Å². The number of rotatable bonds is 6. The smallest absolute Gasteiger partial charge is 0.309 e. The first-order chi connectivity index (χ1) is 7.70. The molecule has 4 nitrogen and oxygen atoms in total. The molecule has 0 radical (unpaired) electrons. The molecule has 1 aliphatic rings. The Morgan fingerprint density at radius 3 is 2.69 bits per heavy atom. The third kappa shape index (κ3) is 5.13. The third-order valence-electron chi connectivity index (χ3n) is 2.49. The fraction of sp³-hybridized carbons (Fsp3) is 0.889. The molecule has 0 bridgehead atoms. The Labute approximate surface area is 105 Å². The summed E-state index contributed by atoms with van der Waals surface area (Å²) < 4.78 is 16.9. The maximum absolute atomic E-state index is 11.9. The Bertz CT molecular complexity index is 270. The van der Waals surface area contributed by atoms with Gasteiger partial charge in [-0.1, -0.05) is 30.1 Å². The maximum atomic E-state index is 11.9. The van der Waals surface area contributed by atoms with Crippen LogP contribution in [0.15, 0.2) is 4.99 Å². The van der Waals surface area contributed by atoms with Crippen molar-refractivity contribution in [2.45, 2.75) is 38.1 Å². The summed E-state index contributed by atoms with van der Waals surface area (Å²) in [5.41, 5.74) is 0. The monoisotopic (exact) mass is 282 g/mol. The highest BCUT2D eigenvalue weighted by Gasteiger charge is 2.20. The molecule has 94 valence electrons. The summed E-state index contributed by atoms with van der Waals surface area (Å²) in [6.07, 6.45) is 9.54. The van der Waals surface area contributed by atoms with Crippen LogP contribution in [0.25, 0.3) is 0 Å². The molecule has 0 spiro atoms. The number of nitrogens with one attached hydrogen (secondary N) is 1. The Balaban J connectivity index is 2.35. The molecule has 0 amide bonds. The number of hydrogen-bond donors (Lipinski definition) is 1. The van der Waals surface area contributed by atoms with Gasteiger partial charge in [0.2, 0.25) is 0 Å². The van der Waals surface area contributed by atoms with E-state index in [4.69, 9.17) is 4.52 Å². The third-order valence-corrected chi connectivity index (χ3v) is 8.65. The molecule has 1 rings (SSSR count). The molecule has 0 aromatic carbocycles. The van der Waals surface area contributed by atoms with Gasteiger partial charge in [0.05, 0.1) is 12.4 Å². The van der Waals surface area contributed by atoms with Gasteiger partial charge in [0, 0.05) is 17.5 Å². The standard InChI is InChI=1S/C9H19N2O2PS2/c1-13-14(12,16-15-2)11-8-10-9-6-4-3-5-7-9/h8-9H,3-7H2,1-2H3,(H,10,11,12). The highest BCUT2D eigenvalue weighted by atomic mass is 33.3. The van der Waals surface area contributed by atoms with E-state index in [1.807, 2.05) is 6.26 Å². The second-order valence-corrected chi connectivity index (χ2v) is 9.95. The summed E-state index contributed by atoms with van der Waals surface area (Å²) in [5.74, 6) is 0. The fourth-order valence-corrected chi connectivity index (χ4v) is 6.00. The van der Waals surface area contributed by atoms with Crippen molar-refractivity contribution >= 4 is 34.3 Å². The van der Waals surface area contributed by atoms with E-state index >= 15 is 0 Å². The lowest BCUT2D eigenvalue weighted by Gasteiger charge is -2.18. The molecule has 1 saturated carbocycles. The molecule has 1 atom stereocenters. The van der Waals surface area contributed by atoms with Gasteiger partial charge < -0.3 is 4.52 Å². The summed E-state index contributed by atoms with van der Waals surface area (Å²) in [4.78, 5) is 4.39. The van der Waals surface area contributed by atoms with Gasteiger partial charge in [0.25, 0.3) is 0 Å². The summed E-state index contributed by atoms with van der Waals surface area (Å²) in [5, 5.41) is 2.78. The predicted octanol–water partition coefficient (Wildman–Crippen LogP) is 3.70. The minimum absolute atomic E-state index is 0.394. The van der Waals surface area contributed by atoms with Crippen molar-refractivity contribution in [2.75, 3.05) is 13.4 Å². The fourth-order valence-electron chi connectivity index (χ4n) is 1.64. The largest absolute Gasteiger partial charge is 0.361 e. The molecule has 0 aromatic heterocycles.